The summed E-state index contributed by atoms with van der Waals surface area (Å²) < 4.78 is 7.58. The van der Waals surface area contributed by atoms with E-state index in [-0.39, 0.29) is 61.3 Å². The van der Waals surface area contributed by atoms with Crippen molar-refractivity contribution in [3.8, 4) is 5.75 Å². The lowest BCUT2D eigenvalue weighted by atomic mass is 10.0. The van der Waals surface area contributed by atoms with Gasteiger partial charge in [0, 0.05) is 50.9 Å². The molecule has 4 N–H and O–H groups in total. The lowest BCUT2D eigenvalue weighted by molar-refractivity contribution is -0.132. The smallest absolute Gasteiger partial charge is 0.255 e. The van der Waals surface area contributed by atoms with Gasteiger partial charge >= 0.3 is 0 Å². The van der Waals surface area contributed by atoms with Crippen molar-refractivity contribution in [2.75, 3.05) is 26.2 Å². The van der Waals surface area contributed by atoms with Gasteiger partial charge in [-0.15, -0.1) is 5.10 Å². The van der Waals surface area contributed by atoms with Crippen LogP contribution in [0, 0.1) is 5.92 Å². The molecule has 5 rings (SSSR count). The second-order valence-corrected chi connectivity index (χ2v) is 12.5. The zero-order chi connectivity index (χ0) is 35.5. The van der Waals surface area contributed by atoms with Crippen molar-refractivity contribution in [2.45, 2.75) is 51.7 Å². The third-order valence-electron chi connectivity index (χ3n) is 8.26. The topological polar surface area (TPSA) is 180 Å². The van der Waals surface area contributed by atoms with E-state index in [9.17, 15) is 24.0 Å². The van der Waals surface area contributed by atoms with E-state index in [2.05, 4.69) is 31.2 Å². The molecule has 50 heavy (non-hydrogen) atoms. The third kappa shape index (κ3) is 10.1. The van der Waals surface area contributed by atoms with Crippen molar-refractivity contribution in [3.63, 3.8) is 0 Å². The van der Waals surface area contributed by atoms with Gasteiger partial charge in [-0.25, -0.2) is 4.68 Å². The molecule has 1 aliphatic heterocycles. The van der Waals surface area contributed by atoms with Crippen molar-refractivity contribution >= 4 is 23.6 Å². The van der Waals surface area contributed by atoms with Crippen molar-refractivity contribution in [1.29, 1.82) is 0 Å². The molecule has 0 radical (unpaired) electrons. The number of benzene rings is 2. The van der Waals surface area contributed by atoms with Crippen LogP contribution >= 0.6 is 0 Å². The number of aromatic amines is 1. The molecule has 0 aliphatic carbocycles. The first kappa shape index (κ1) is 35.5. The summed E-state index contributed by atoms with van der Waals surface area (Å²) in [5, 5.41) is 17.0. The standard InChI is InChI=1S/C36H42N8O6/c1-24(2)33-35(48)39-30(20-25-7-4-3-5-8-25)34(47)37-14-16-43(36(49)27-11-12-31(45)38-22-27)15-13-28-23-44(42-41-28)17-18-50-29-10-6-9-26(19-29)21-32(46)40-33/h3-12,19,22-24,30,33H,13-18,20-21H2,1-2H3,(H,37,47)(H,38,45)(H,39,48)(H,40,46)/t30-,33+/m0/s1. The van der Waals surface area contributed by atoms with Crippen LogP contribution in [0.5, 0.6) is 5.75 Å². The van der Waals surface area contributed by atoms with Gasteiger partial charge in [0.15, 0.2) is 0 Å². The van der Waals surface area contributed by atoms with Crippen molar-refractivity contribution in [1.82, 2.24) is 40.8 Å². The number of H-pyrrole nitrogens is 1. The largest absolute Gasteiger partial charge is 0.492 e. The Bertz CT molecular complexity index is 1820. The second kappa shape index (κ2) is 17.0. The minimum Gasteiger partial charge on any atom is -0.492 e. The van der Waals surface area contributed by atoms with Gasteiger partial charge in [0.25, 0.3) is 5.91 Å². The van der Waals surface area contributed by atoms with E-state index in [1.54, 1.807) is 34.0 Å². The van der Waals surface area contributed by atoms with Gasteiger partial charge < -0.3 is 30.6 Å². The number of fused-ring (bicyclic) bond motifs is 4. The number of amides is 4. The van der Waals surface area contributed by atoms with Crippen molar-refractivity contribution < 1.29 is 23.9 Å². The van der Waals surface area contributed by atoms with E-state index in [0.717, 1.165) is 5.56 Å². The summed E-state index contributed by atoms with van der Waals surface area (Å²) >= 11 is 0. The van der Waals surface area contributed by atoms with Gasteiger partial charge in [0.05, 0.1) is 24.2 Å². The van der Waals surface area contributed by atoms with Crippen molar-refractivity contribution in [3.05, 3.63) is 112 Å². The molecule has 14 nitrogen and oxygen atoms in total. The second-order valence-electron chi connectivity index (χ2n) is 12.5. The van der Waals surface area contributed by atoms with E-state index in [1.165, 1.54) is 18.3 Å². The number of hydrogen-bond donors (Lipinski definition) is 4. The molecule has 4 bridgehead atoms. The predicted octanol–water partition coefficient (Wildman–Crippen LogP) is 1.27. The maximum absolute atomic E-state index is 13.7. The number of nitrogens with zero attached hydrogens (tertiary/aromatic N) is 4. The monoisotopic (exact) mass is 682 g/mol. The van der Waals surface area contributed by atoms with Crippen LogP contribution < -0.4 is 26.2 Å². The Morgan fingerprint density at radius 2 is 1.76 bits per heavy atom. The van der Waals surface area contributed by atoms with E-state index in [1.807, 2.05) is 50.2 Å². The fourth-order valence-corrected chi connectivity index (χ4v) is 5.56. The SMILES string of the molecule is CC(C)[C@H]1NC(=O)Cc2cccc(c2)OCCn2cc(nn2)CCN(C(=O)c2ccc(=O)[nH]c2)CCNC(=O)[C@H](Cc2ccccc2)NC1=O. The van der Waals surface area contributed by atoms with Crippen LogP contribution in [0.2, 0.25) is 0 Å². The minimum atomic E-state index is -0.961. The summed E-state index contributed by atoms with van der Waals surface area (Å²) in [5.41, 5.74) is 2.16. The molecular weight excluding hydrogens is 640 g/mol. The Kier molecular flexibility index (Phi) is 12.1. The summed E-state index contributed by atoms with van der Waals surface area (Å²) in [6, 6.07) is 17.4. The van der Waals surface area contributed by atoms with Gasteiger partial charge in [0.1, 0.15) is 24.4 Å². The number of pyridine rings is 1. The Hall–Kier alpha value is -5.79. The highest BCUT2D eigenvalue weighted by Crippen LogP contribution is 2.15. The summed E-state index contributed by atoms with van der Waals surface area (Å²) in [6.45, 7) is 4.85. The van der Waals surface area contributed by atoms with Crippen LogP contribution in [0.15, 0.2) is 83.9 Å². The molecule has 0 spiro atoms. The van der Waals surface area contributed by atoms with E-state index >= 15 is 0 Å². The molecule has 2 aromatic heterocycles. The van der Waals surface area contributed by atoms with Crippen molar-refractivity contribution in [2.24, 2.45) is 5.92 Å². The first-order chi connectivity index (χ1) is 24.1. The number of rotatable bonds is 4. The summed E-state index contributed by atoms with van der Waals surface area (Å²) in [7, 11) is 0. The third-order valence-corrected chi connectivity index (χ3v) is 8.26. The molecule has 14 heteroatoms. The van der Waals surface area contributed by atoms with Crippen LogP contribution in [0.25, 0.3) is 0 Å². The van der Waals surface area contributed by atoms with Crippen LogP contribution in [-0.4, -0.2) is 86.8 Å². The molecule has 3 heterocycles. The molecule has 0 unspecified atom stereocenters. The fraction of sp³-hybridized carbons (Fsp3) is 0.361. The predicted molar refractivity (Wildman–Crippen MR) is 184 cm³/mol. The summed E-state index contributed by atoms with van der Waals surface area (Å²) in [4.78, 5) is 69.7. The molecule has 0 saturated heterocycles. The molecule has 262 valence electrons. The number of nitrogens with one attached hydrogen (secondary N) is 4. The quantitative estimate of drug-likeness (QED) is 0.248. The highest BCUT2D eigenvalue weighted by molar-refractivity contribution is 5.94. The maximum atomic E-state index is 13.7. The fourth-order valence-electron chi connectivity index (χ4n) is 5.56. The molecule has 2 atom stereocenters. The van der Waals surface area contributed by atoms with Crippen LogP contribution in [0.1, 0.15) is 41.0 Å². The molecular formula is C36H42N8O6. The Balaban J connectivity index is 1.40. The lowest BCUT2D eigenvalue weighted by Crippen LogP contribution is -2.56. The van der Waals surface area contributed by atoms with Gasteiger partial charge in [-0.05, 0) is 35.2 Å². The molecule has 0 fully saturated rings. The first-order valence-corrected chi connectivity index (χ1v) is 16.6. The normalized spacial score (nSPS) is 18.4. The summed E-state index contributed by atoms with van der Waals surface area (Å²) in [6.07, 6.45) is 3.76. The van der Waals surface area contributed by atoms with Crippen LogP contribution in [-0.2, 0) is 40.2 Å². The first-order valence-electron chi connectivity index (χ1n) is 16.6. The Morgan fingerprint density at radius 3 is 2.52 bits per heavy atom. The minimum absolute atomic E-state index is 0.0301. The van der Waals surface area contributed by atoms with E-state index in [0.29, 0.717) is 36.6 Å². The maximum Gasteiger partial charge on any atom is 0.255 e. The number of ether oxygens (including phenoxy) is 1. The van der Waals surface area contributed by atoms with Gasteiger partial charge in [0.2, 0.25) is 23.3 Å². The number of hydrogen-bond acceptors (Lipinski definition) is 8. The highest BCUT2D eigenvalue weighted by atomic mass is 16.5. The lowest BCUT2D eigenvalue weighted by Gasteiger charge is -2.26. The van der Waals surface area contributed by atoms with Crippen LogP contribution in [0.4, 0.5) is 0 Å². The average molecular weight is 683 g/mol. The Morgan fingerprint density at radius 1 is 0.940 bits per heavy atom. The zero-order valence-electron chi connectivity index (χ0n) is 28.1. The molecule has 4 aromatic rings. The van der Waals surface area contributed by atoms with Gasteiger partial charge in [-0.3, -0.25) is 24.0 Å². The highest BCUT2D eigenvalue weighted by Gasteiger charge is 2.29. The number of carbonyl (C=O) groups excluding carboxylic acids is 4. The molecule has 1 aliphatic rings. The zero-order valence-corrected chi connectivity index (χ0v) is 28.1. The van der Waals surface area contributed by atoms with Gasteiger partial charge in [-0.2, -0.15) is 0 Å². The van der Waals surface area contributed by atoms with E-state index < -0.39 is 23.9 Å². The average Bonchev–Trinajstić information content (AvgIpc) is 3.56. The Labute approximate surface area is 289 Å². The molecule has 2 aromatic carbocycles. The molecule has 0 saturated carbocycles. The molecule has 4 amide bonds. The van der Waals surface area contributed by atoms with Gasteiger partial charge in [-0.1, -0.05) is 61.5 Å². The van der Waals surface area contributed by atoms with E-state index in [4.69, 9.17) is 4.74 Å². The number of aromatic nitrogens is 4. The summed E-state index contributed by atoms with van der Waals surface area (Å²) in [5.74, 6) is -1.30. The van der Waals surface area contributed by atoms with Crippen LogP contribution in [0.3, 0.4) is 0 Å². The number of carbonyl (C=O) groups is 4.